The first-order chi connectivity index (χ1) is 22.2. The highest BCUT2D eigenvalue weighted by atomic mass is 16.7. The number of methoxy groups -OCH3 is 2. The number of rotatable bonds is 15. The van der Waals surface area contributed by atoms with Crippen LogP contribution >= 0.6 is 0 Å². The van der Waals surface area contributed by atoms with E-state index in [2.05, 4.69) is 0 Å². The molecule has 0 amide bonds. The highest BCUT2D eigenvalue weighted by Gasteiger charge is 2.48. The molecular formula is C29H42O18. The molecule has 9 N–H and O–H groups in total. The number of aliphatic carboxylic acids is 1. The molecule has 0 aliphatic carbocycles. The number of aliphatic hydroxyl groups is 8. The molecule has 0 unspecified atom stereocenters. The maximum absolute atomic E-state index is 12.7. The molecule has 11 atom stereocenters. The molecule has 2 aliphatic heterocycles. The Hall–Kier alpha value is -3.14. The van der Waals surface area contributed by atoms with Crippen molar-refractivity contribution in [1.82, 2.24) is 0 Å². The van der Waals surface area contributed by atoms with Crippen LogP contribution < -0.4 is 14.2 Å². The van der Waals surface area contributed by atoms with Crippen LogP contribution in [0.1, 0.15) is 25.3 Å². The third-order valence-corrected chi connectivity index (χ3v) is 7.51. The van der Waals surface area contributed by atoms with Gasteiger partial charge in [0.05, 0.1) is 45.9 Å². The van der Waals surface area contributed by atoms with Crippen LogP contribution in [0.15, 0.2) is 18.2 Å². The van der Waals surface area contributed by atoms with Crippen molar-refractivity contribution < 1.29 is 88.7 Å². The summed E-state index contributed by atoms with van der Waals surface area (Å²) in [6.07, 6.45) is -14.3. The van der Waals surface area contributed by atoms with Crippen LogP contribution in [-0.2, 0) is 28.5 Å². The minimum atomic E-state index is -1.82. The van der Waals surface area contributed by atoms with Crippen LogP contribution in [-0.4, -0.2) is 159 Å². The number of carboxylic acids is 1. The average Bonchev–Trinajstić information content (AvgIpc) is 3.03. The van der Waals surface area contributed by atoms with Crippen molar-refractivity contribution in [2.75, 3.05) is 34.0 Å². The van der Waals surface area contributed by atoms with Crippen LogP contribution in [0, 0.1) is 0 Å². The Morgan fingerprint density at radius 1 is 0.809 bits per heavy atom. The van der Waals surface area contributed by atoms with Crippen molar-refractivity contribution in [1.29, 1.82) is 0 Å². The van der Waals surface area contributed by atoms with Gasteiger partial charge in [0.25, 0.3) is 0 Å². The summed E-state index contributed by atoms with van der Waals surface area (Å²) in [5, 5.41) is 88.9. The molecule has 3 rings (SSSR count). The Kier molecular flexibility index (Phi) is 13.7. The topological polar surface area (TPSA) is 281 Å². The first-order valence-corrected chi connectivity index (χ1v) is 14.4. The zero-order valence-electron chi connectivity index (χ0n) is 25.8. The van der Waals surface area contributed by atoms with Gasteiger partial charge < -0.3 is 79.1 Å². The lowest BCUT2D eigenvalue weighted by Gasteiger charge is -2.42. The van der Waals surface area contributed by atoms with Crippen molar-refractivity contribution in [3.63, 3.8) is 0 Å². The van der Waals surface area contributed by atoms with Crippen molar-refractivity contribution in [3.05, 3.63) is 23.8 Å². The number of esters is 1. The molecular weight excluding hydrogens is 636 g/mol. The SMILES string of the molecule is COc1cc(C=CCOC(=O)C[C@](C)(CC(=O)O)O[C@H]2O[C@@H](CO)[C@H](O)[C@@H](O)[C@@H]2O)cc(OC)c1O[C@@H]1O[C@H](CO)[C@@H](O)[C@H](O)[C@H]1O. The van der Waals surface area contributed by atoms with E-state index in [4.69, 9.17) is 33.2 Å². The third-order valence-electron chi connectivity index (χ3n) is 7.51. The molecule has 1 aromatic carbocycles. The quantitative estimate of drug-likeness (QED) is 0.0830. The number of benzene rings is 1. The number of hydrogen-bond acceptors (Lipinski definition) is 17. The second kappa shape index (κ2) is 16.8. The molecule has 18 nitrogen and oxygen atoms in total. The van der Waals surface area contributed by atoms with E-state index in [0.29, 0.717) is 5.56 Å². The summed E-state index contributed by atoms with van der Waals surface area (Å²) >= 11 is 0. The summed E-state index contributed by atoms with van der Waals surface area (Å²) in [6, 6.07) is 3.00. The Balaban J connectivity index is 1.66. The lowest BCUT2D eigenvalue weighted by Crippen LogP contribution is -2.60. The zero-order chi connectivity index (χ0) is 35.1. The summed E-state index contributed by atoms with van der Waals surface area (Å²) in [7, 11) is 2.65. The summed E-state index contributed by atoms with van der Waals surface area (Å²) in [6.45, 7) is -0.417. The number of ether oxygens (including phenoxy) is 7. The second-order valence-corrected chi connectivity index (χ2v) is 11.2. The van der Waals surface area contributed by atoms with E-state index in [1.165, 1.54) is 45.4 Å². The van der Waals surface area contributed by atoms with E-state index >= 15 is 0 Å². The fraction of sp³-hybridized carbons (Fsp3) is 0.655. The fourth-order valence-corrected chi connectivity index (χ4v) is 4.99. The Bertz CT molecular complexity index is 1200. The van der Waals surface area contributed by atoms with E-state index < -0.39 is 105 Å². The van der Waals surface area contributed by atoms with E-state index in [1.807, 2.05) is 0 Å². The molecule has 2 aliphatic rings. The van der Waals surface area contributed by atoms with Gasteiger partial charge in [-0.3, -0.25) is 9.59 Å². The maximum atomic E-state index is 12.7. The number of hydrogen-bond donors (Lipinski definition) is 9. The van der Waals surface area contributed by atoms with Gasteiger partial charge in [0, 0.05) is 0 Å². The first kappa shape index (κ1) is 38.3. The van der Waals surface area contributed by atoms with E-state index in [1.54, 1.807) is 0 Å². The lowest BCUT2D eigenvalue weighted by molar-refractivity contribution is -0.325. The average molecular weight is 679 g/mol. The van der Waals surface area contributed by atoms with Crippen LogP contribution in [0.3, 0.4) is 0 Å². The standard InChI is InChI=1S/C29H42O18/c1-29(9-18(32)33,47-28-25(40)23(38)21(36)17(12-31)45-28)10-19(34)43-6-4-5-13-7-14(41-2)26(15(8-13)42-3)46-27-24(39)22(37)20(35)16(11-30)44-27/h4-5,7-8,16-17,20-25,27-28,30-31,35-40H,6,9-12H2,1-3H3,(H,32,33)/t16-,17+,20-,21+,22+,23-,24-,25+,27+,28-,29+/m1/s1. The van der Waals surface area contributed by atoms with Crippen LogP contribution in [0.4, 0.5) is 0 Å². The predicted octanol–water partition coefficient (Wildman–Crippen LogP) is -3.12. The van der Waals surface area contributed by atoms with Gasteiger partial charge in [0.1, 0.15) is 55.4 Å². The molecule has 266 valence electrons. The normalized spacial score (nSPS) is 32.4. The monoisotopic (exact) mass is 678 g/mol. The van der Waals surface area contributed by atoms with Gasteiger partial charge in [0.2, 0.25) is 12.0 Å². The number of carbonyl (C=O) groups excluding carboxylic acids is 1. The smallest absolute Gasteiger partial charge is 0.309 e. The molecule has 2 saturated heterocycles. The minimum absolute atomic E-state index is 0.0278. The van der Waals surface area contributed by atoms with Crippen molar-refractivity contribution in [2.45, 2.75) is 86.8 Å². The molecule has 2 heterocycles. The summed E-state index contributed by atoms with van der Waals surface area (Å²) in [4.78, 5) is 24.2. The molecule has 0 aromatic heterocycles. The maximum Gasteiger partial charge on any atom is 0.309 e. The molecule has 1 aromatic rings. The number of carbonyl (C=O) groups is 2. The van der Waals surface area contributed by atoms with Crippen LogP contribution in [0.2, 0.25) is 0 Å². The van der Waals surface area contributed by atoms with Crippen LogP contribution in [0.5, 0.6) is 17.2 Å². The minimum Gasteiger partial charge on any atom is -0.493 e. The summed E-state index contributed by atoms with van der Waals surface area (Å²) in [5.74, 6) is -2.06. The van der Waals surface area contributed by atoms with Crippen molar-refractivity contribution >= 4 is 18.0 Å². The third kappa shape index (κ3) is 9.48. The van der Waals surface area contributed by atoms with Crippen molar-refractivity contribution in [2.24, 2.45) is 0 Å². The van der Waals surface area contributed by atoms with Gasteiger partial charge in [-0.15, -0.1) is 0 Å². The number of aliphatic hydroxyl groups excluding tert-OH is 8. The number of carboxylic acid groups (broad SMARTS) is 1. The molecule has 2 fully saturated rings. The van der Waals surface area contributed by atoms with Gasteiger partial charge in [-0.25, -0.2) is 0 Å². The highest BCUT2D eigenvalue weighted by Crippen LogP contribution is 2.41. The van der Waals surface area contributed by atoms with Gasteiger partial charge >= 0.3 is 11.9 Å². The zero-order valence-corrected chi connectivity index (χ0v) is 25.8. The van der Waals surface area contributed by atoms with Crippen LogP contribution in [0.25, 0.3) is 6.08 Å². The first-order valence-electron chi connectivity index (χ1n) is 14.4. The molecule has 0 bridgehead atoms. The fourth-order valence-electron chi connectivity index (χ4n) is 4.99. The molecule has 18 heteroatoms. The van der Waals surface area contributed by atoms with Gasteiger partial charge in [0.15, 0.2) is 17.8 Å². The molecule has 0 spiro atoms. The highest BCUT2D eigenvalue weighted by molar-refractivity contribution is 5.74. The second-order valence-electron chi connectivity index (χ2n) is 11.2. The molecule has 0 radical (unpaired) electrons. The Labute approximate surface area is 268 Å². The Morgan fingerprint density at radius 2 is 1.32 bits per heavy atom. The van der Waals surface area contributed by atoms with E-state index in [9.17, 15) is 55.5 Å². The molecule has 0 saturated carbocycles. The van der Waals surface area contributed by atoms with E-state index in [0.717, 1.165) is 0 Å². The van der Waals surface area contributed by atoms with Gasteiger partial charge in [-0.05, 0) is 30.7 Å². The van der Waals surface area contributed by atoms with Gasteiger partial charge in [-0.1, -0.05) is 6.08 Å². The Morgan fingerprint density at radius 3 is 1.81 bits per heavy atom. The predicted molar refractivity (Wildman–Crippen MR) is 154 cm³/mol. The summed E-state index contributed by atoms with van der Waals surface area (Å²) in [5.41, 5.74) is -1.32. The van der Waals surface area contributed by atoms with E-state index in [-0.39, 0.29) is 23.9 Å². The molecule has 47 heavy (non-hydrogen) atoms. The lowest BCUT2D eigenvalue weighted by atomic mass is 9.95. The van der Waals surface area contributed by atoms with Gasteiger partial charge in [-0.2, -0.15) is 0 Å². The van der Waals surface area contributed by atoms with Crippen molar-refractivity contribution in [3.8, 4) is 17.2 Å². The summed E-state index contributed by atoms with van der Waals surface area (Å²) < 4.78 is 37.9. The largest absolute Gasteiger partial charge is 0.493 e.